The summed E-state index contributed by atoms with van der Waals surface area (Å²) in [4.78, 5) is 1.89. The lowest BCUT2D eigenvalue weighted by molar-refractivity contribution is 0.190. The maximum atomic E-state index is 9.19. The van der Waals surface area contributed by atoms with Gasteiger partial charge in [0.2, 0.25) is 0 Å². The molecule has 0 aliphatic rings. The zero-order chi connectivity index (χ0) is 13.0. The van der Waals surface area contributed by atoms with Crippen molar-refractivity contribution in [1.29, 1.82) is 0 Å². The maximum Gasteiger partial charge on any atom is 0.122 e. The summed E-state index contributed by atoms with van der Waals surface area (Å²) < 4.78 is 5.26. The number of hydrogen-bond acceptors (Lipinski definition) is 4. The zero-order valence-electron chi connectivity index (χ0n) is 10.9. The van der Waals surface area contributed by atoms with Crippen LogP contribution < -0.4 is 9.64 Å². The fourth-order valence-electron chi connectivity index (χ4n) is 1.87. The molecular formula is C13H21NO3. The Hall–Kier alpha value is -1.26. The molecule has 4 heteroatoms. The number of aliphatic hydroxyl groups excluding tert-OH is 2. The van der Waals surface area contributed by atoms with Crippen molar-refractivity contribution in [3.8, 4) is 5.75 Å². The molecule has 0 spiro atoms. The molecule has 0 saturated carbocycles. The lowest BCUT2D eigenvalue weighted by atomic mass is 10.1. The zero-order valence-corrected chi connectivity index (χ0v) is 10.9. The van der Waals surface area contributed by atoms with E-state index in [0.29, 0.717) is 0 Å². The Labute approximate surface area is 102 Å². The molecule has 0 radical (unpaired) electrons. The van der Waals surface area contributed by atoms with Gasteiger partial charge in [-0.25, -0.2) is 0 Å². The third-order valence-corrected chi connectivity index (χ3v) is 3.06. The van der Waals surface area contributed by atoms with Crippen molar-refractivity contribution >= 4 is 5.69 Å². The van der Waals surface area contributed by atoms with E-state index in [2.05, 4.69) is 0 Å². The Morgan fingerprint density at radius 1 is 1.18 bits per heavy atom. The molecule has 0 aliphatic carbocycles. The summed E-state index contributed by atoms with van der Waals surface area (Å²) in [6, 6.07) is 3.70. The number of aryl methyl sites for hydroxylation is 2. The lowest BCUT2D eigenvalue weighted by Gasteiger charge is -2.29. The van der Waals surface area contributed by atoms with Crippen LogP contribution in [0.3, 0.4) is 0 Å². The average molecular weight is 239 g/mol. The standard InChI is InChI=1S/C13H21NO3/c1-9-6-13(17-4)10(2)5-12(9)14(3)11(7-15)8-16/h5-6,11,15-16H,7-8H2,1-4H3. The number of anilines is 1. The molecule has 0 heterocycles. The van der Waals surface area contributed by atoms with Gasteiger partial charge in [-0.3, -0.25) is 0 Å². The summed E-state index contributed by atoms with van der Waals surface area (Å²) in [7, 11) is 3.51. The number of nitrogens with zero attached hydrogens (tertiary/aromatic N) is 1. The second-order valence-electron chi connectivity index (χ2n) is 4.24. The Morgan fingerprint density at radius 2 is 1.76 bits per heavy atom. The summed E-state index contributed by atoms with van der Waals surface area (Å²) in [6.45, 7) is 3.82. The third-order valence-electron chi connectivity index (χ3n) is 3.06. The molecule has 4 nitrogen and oxygen atoms in total. The molecule has 17 heavy (non-hydrogen) atoms. The molecule has 0 unspecified atom stereocenters. The Balaban J connectivity index is 3.09. The summed E-state index contributed by atoms with van der Waals surface area (Å²) in [5, 5.41) is 18.4. The minimum Gasteiger partial charge on any atom is -0.496 e. The van der Waals surface area contributed by atoms with E-state index in [4.69, 9.17) is 4.74 Å². The highest BCUT2D eigenvalue weighted by molar-refractivity contribution is 5.59. The molecule has 0 aliphatic heterocycles. The number of rotatable bonds is 5. The summed E-state index contributed by atoms with van der Waals surface area (Å²) in [6.07, 6.45) is 0. The molecule has 1 aromatic carbocycles. The molecule has 0 bridgehead atoms. The normalized spacial score (nSPS) is 10.8. The molecule has 0 amide bonds. The molecule has 0 atom stereocenters. The smallest absolute Gasteiger partial charge is 0.122 e. The Morgan fingerprint density at radius 3 is 2.24 bits per heavy atom. The van der Waals surface area contributed by atoms with E-state index < -0.39 is 0 Å². The molecule has 96 valence electrons. The van der Waals surface area contributed by atoms with Crippen molar-refractivity contribution in [2.75, 3.05) is 32.3 Å². The van der Waals surface area contributed by atoms with Gasteiger partial charge in [0.25, 0.3) is 0 Å². The van der Waals surface area contributed by atoms with Gasteiger partial charge in [-0.2, -0.15) is 0 Å². The minimum absolute atomic E-state index is 0.0719. The van der Waals surface area contributed by atoms with Gasteiger partial charge in [-0.1, -0.05) is 0 Å². The van der Waals surface area contributed by atoms with E-state index in [9.17, 15) is 10.2 Å². The van der Waals surface area contributed by atoms with Crippen LogP contribution in [-0.2, 0) is 0 Å². The van der Waals surface area contributed by atoms with Crippen LogP contribution in [0.15, 0.2) is 12.1 Å². The quantitative estimate of drug-likeness (QED) is 0.808. The van der Waals surface area contributed by atoms with Crippen LogP contribution in [0.2, 0.25) is 0 Å². The fraction of sp³-hybridized carbons (Fsp3) is 0.538. The van der Waals surface area contributed by atoms with E-state index in [-0.39, 0.29) is 19.3 Å². The van der Waals surface area contributed by atoms with Gasteiger partial charge in [-0.15, -0.1) is 0 Å². The Bertz CT molecular complexity index is 375. The summed E-state index contributed by atoms with van der Waals surface area (Å²) in [5.41, 5.74) is 3.09. The first-order valence-electron chi connectivity index (χ1n) is 5.65. The van der Waals surface area contributed by atoms with Crippen molar-refractivity contribution in [2.24, 2.45) is 0 Å². The van der Waals surface area contributed by atoms with Gasteiger partial charge in [0.15, 0.2) is 0 Å². The summed E-state index contributed by atoms with van der Waals surface area (Å²) in [5.74, 6) is 0.851. The number of ether oxygens (including phenoxy) is 1. The molecule has 2 N–H and O–H groups in total. The first-order chi connectivity index (χ1) is 8.04. The van der Waals surface area contributed by atoms with Gasteiger partial charge >= 0.3 is 0 Å². The molecule has 0 aromatic heterocycles. The second kappa shape index (κ2) is 5.89. The molecule has 1 aromatic rings. The van der Waals surface area contributed by atoms with Gasteiger partial charge < -0.3 is 19.8 Å². The highest BCUT2D eigenvalue weighted by Gasteiger charge is 2.16. The van der Waals surface area contributed by atoms with Gasteiger partial charge in [-0.05, 0) is 37.1 Å². The predicted octanol–water partition coefficient (Wildman–Crippen LogP) is 1.10. The van der Waals surface area contributed by atoms with Crippen molar-refractivity contribution in [3.05, 3.63) is 23.3 Å². The number of aliphatic hydroxyl groups is 2. The van der Waals surface area contributed by atoms with Crippen LogP contribution in [0.1, 0.15) is 11.1 Å². The van der Waals surface area contributed by atoms with E-state index in [1.807, 2.05) is 37.9 Å². The average Bonchev–Trinajstić information content (AvgIpc) is 2.32. The predicted molar refractivity (Wildman–Crippen MR) is 68.8 cm³/mol. The van der Waals surface area contributed by atoms with Crippen LogP contribution >= 0.6 is 0 Å². The monoisotopic (exact) mass is 239 g/mol. The van der Waals surface area contributed by atoms with Gasteiger partial charge in [0, 0.05) is 12.7 Å². The van der Waals surface area contributed by atoms with E-state index >= 15 is 0 Å². The fourth-order valence-corrected chi connectivity index (χ4v) is 1.87. The van der Waals surface area contributed by atoms with E-state index in [0.717, 1.165) is 22.6 Å². The topological polar surface area (TPSA) is 52.9 Å². The van der Waals surface area contributed by atoms with Crippen LogP contribution in [0.5, 0.6) is 5.75 Å². The Kier molecular flexibility index (Phi) is 4.78. The van der Waals surface area contributed by atoms with Crippen LogP contribution in [0.25, 0.3) is 0 Å². The van der Waals surface area contributed by atoms with Crippen LogP contribution in [0.4, 0.5) is 5.69 Å². The molecular weight excluding hydrogens is 218 g/mol. The number of benzene rings is 1. The first-order valence-corrected chi connectivity index (χ1v) is 5.65. The van der Waals surface area contributed by atoms with E-state index in [1.54, 1.807) is 7.11 Å². The van der Waals surface area contributed by atoms with Gasteiger partial charge in [0.1, 0.15) is 5.75 Å². The van der Waals surface area contributed by atoms with Crippen molar-refractivity contribution in [2.45, 2.75) is 19.9 Å². The number of likely N-dealkylation sites (N-methyl/N-ethyl adjacent to an activating group) is 1. The van der Waals surface area contributed by atoms with Crippen molar-refractivity contribution in [1.82, 2.24) is 0 Å². The third kappa shape index (κ3) is 2.90. The maximum absolute atomic E-state index is 9.19. The van der Waals surface area contributed by atoms with Crippen molar-refractivity contribution in [3.63, 3.8) is 0 Å². The second-order valence-corrected chi connectivity index (χ2v) is 4.24. The summed E-state index contributed by atoms with van der Waals surface area (Å²) >= 11 is 0. The van der Waals surface area contributed by atoms with Crippen molar-refractivity contribution < 1.29 is 14.9 Å². The first kappa shape index (κ1) is 13.8. The minimum atomic E-state index is -0.276. The highest BCUT2D eigenvalue weighted by Crippen LogP contribution is 2.28. The lowest BCUT2D eigenvalue weighted by Crippen LogP contribution is -2.38. The van der Waals surface area contributed by atoms with Crippen LogP contribution in [0, 0.1) is 13.8 Å². The van der Waals surface area contributed by atoms with Crippen LogP contribution in [-0.4, -0.2) is 43.6 Å². The highest BCUT2D eigenvalue weighted by atomic mass is 16.5. The molecule has 1 rings (SSSR count). The number of hydrogen-bond donors (Lipinski definition) is 2. The SMILES string of the molecule is COc1cc(C)c(N(C)C(CO)CO)cc1C. The largest absolute Gasteiger partial charge is 0.496 e. The molecule has 0 saturated heterocycles. The number of methoxy groups -OCH3 is 1. The molecule has 0 fully saturated rings. The van der Waals surface area contributed by atoms with E-state index in [1.165, 1.54) is 0 Å². The van der Waals surface area contributed by atoms with Gasteiger partial charge in [0.05, 0.1) is 26.4 Å².